The zero-order chi connectivity index (χ0) is 14.8. The van der Waals surface area contributed by atoms with Crippen molar-refractivity contribution in [2.45, 2.75) is 51.2 Å². The Hall–Kier alpha value is -1.14. The molecule has 0 bridgehead atoms. The van der Waals surface area contributed by atoms with E-state index in [-0.39, 0.29) is 11.8 Å². The second-order valence-corrected chi connectivity index (χ2v) is 6.27. The van der Waals surface area contributed by atoms with Crippen LogP contribution >= 0.6 is 0 Å². The Balaban J connectivity index is 1.86. The average molecular weight is 282 g/mol. The third kappa shape index (κ3) is 3.70. The van der Waals surface area contributed by atoms with E-state index in [1.807, 2.05) is 13.8 Å². The molecule has 0 aromatic rings. The molecule has 0 aromatic heterocycles. The molecule has 1 aliphatic carbocycles. The van der Waals surface area contributed by atoms with Gasteiger partial charge < -0.3 is 16.0 Å². The van der Waals surface area contributed by atoms with Crippen molar-refractivity contribution in [2.75, 3.05) is 26.2 Å². The molecule has 2 rings (SSSR count). The van der Waals surface area contributed by atoms with Crippen molar-refractivity contribution in [2.24, 2.45) is 0 Å². The molecule has 3 N–H and O–H groups in total. The van der Waals surface area contributed by atoms with Gasteiger partial charge in [-0.05, 0) is 33.6 Å². The standard InChI is InChI=1S/C14H26N4O2/c1-10(12(19)17-11-4-5-11)16-13(20)14(2,3)18-8-6-15-7-9-18/h10-11,15H,4-9H2,1-3H3,(H,16,20)(H,17,19). The lowest BCUT2D eigenvalue weighted by atomic mass is 10.00. The van der Waals surface area contributed by atoms with Gasteiger partial charge in [-0.2, -0.15) is 0 Å². The van der Waals surface area contributed by atoms with Crippen LogP contribution in [0.5, 0.6) is 0 Å². The largest absolute Gasteiger partial charge is 0.352 e. The number of hydrogen-bond donors (Lipinski definition) is 3. The van der Waals surface area contributed by atoms with Gasteiger partial charge in [-0.1, -0.05) is 0 Å². The Morgan fingerprint density at radius 3 is 2.40 bits per heavy atom. The smallest absolute Gasteiger partial charge is 0.242 e. The van der Waals surface area contributed by atoms with Gasteiger partial charge in [0.15, 0.2) is 0 Å². The molecule has 2 amide bonds. The molecule has 1 atom stereocenters. The number of hydrogen-bond acceptors (Lipinski definition) is 4. The Kier molecular flexibility index (Phi) is 4.65. The molecule has 114 valence electrons. The highest BCUT2D eigenvalue weighted by Crippen LogP contribution is 2.19. The SMILES string of the molecule is CC(NC(=O)C(C)(C)N1CCNCC1)C(=O)NC1CC1. The molecule has 0 aromatic carbocycles. The molecule has 2 fully saturated rings. The first kappa shape index (κ1) is 15.3. The number of carbonyl (C=O) groups excluding carboxylic acids is 2. The summed E-state index contributed by atoms with van der Waals surface area (Å²) in [6.07, 6.45) is 2.11. The normalized spacial score (nSPS) is 22.1. The van der Waals surface area contributed by atoms with Crippen molar-refractivity contribution < 1.29 is 9.59 Å². The lowest BCUT2D eigenvalue weighted by Gasteiger charge is -2.40. The first-order valence-corrected chi connectivity index (χ1v) is 7.48. The number of carbonyl (C=O) groups is 2. The first-order chi connectivity index (χ1) is 9.41. The number of nitrogens with zero attached hydrogens (tertiary/aromatic N) is 1. The molecule has 2 aliphatic rings. The minimum absolute atomic E-state index is 0.0853. The van der Waals surface area contributed by atoms with E-state index in [2.05, 4.69) is 20.9 Å². The molecule has 0 spiro atoms. The third-order valence-electron chi connectivity index (χ3n) is 4.13. The van der Waals surface area contributed by atoms with Crippen molar-refractivity contribution in [3.63, 3.8) is 0 Å². The highest BCUT2D eigenvalue weighted by atomic mass is 16.2. The molecular weight excluding hydrogens is 256 g/mol. The number of rotatable bonds is 5. The predicted molar refractivity (Wildman–Crippen MR) is 77.3 cm³/mol. The van der Waals surface area contributed by atoms with Gasteiger partial charge in [0.25, 0.3) is 0 Å². The monoisotopic (exact) mass is 282 g/mol. The molecular formula is C14H26N4O2. The van der Waals surface area contributed by atoms with Gasteiger partial charge >= 0.3 is 0 Å². The highest BCUT2D eigenvalue weighted by Gasteiger charge is 2.36. The maximum Gasteiger partial charge on any atom is 0.242 e. The summed E-state index contributed by atoms with van der Waals surface area (Å²) < 4.78 is 0. The van der Waals surface area contributed by atoms with E-state index < -0.39 is 11.6 Å². The number of amides is 2. The maximum absolute atomic E-state index is 12.4. The number of piperazine rings is 1. The lowest BCUT2D eigenvalue weighted by Crippen LogP contribution is -2.62. The summed E-state index contributed by atoms with van der Waals surface area (Å²) in [6.45, 7) is 9.07. The Morgan fingerprint density at radius 1 is 1.25 bits per heavy atom. The summed E-state index contributed by atoms with van der Waals surface area (Å²) in [7, 11) is 0. The molecule has 1 unspecified atom stereocenters. The molecule has 0 radical (unpaired) electrons. The summed E-state index contributed by atoms with van der Waals surface area (Å²) in [5.74, 6) is -0.171. The second kappa shape index (κ2) is 6.10. The molecule has 1 saturated heterocycles. The second-order valence-electron chi connectivity index (χ2n) is 6.27. The zero-order valence-corrected chi connectivity index (χ0v) is 12.7. The van der Waals surface area contributed by atoms with Gasteiger partial charge in [0.1, 0.15) is 6.04 Å². The molecule has 6 nitrogen and oxygen atoms in total. The van der Waals surface area contributed by atoms with Crippen molar-refractivity contribution in [1.29, 1.82) is 0 Å². The molecule has 6 heteroatoms. The topological polar surface area (TPSA) is 73.5 Å². The fourth-order valence-electron chi connectivity index (χ4n) is 2.36. The summed E-state index contributed by atoms with van der Waals surface area (Å²) >= 11 is 0. The van der Waals surface area contributed by atoms with Gasteiger partial charge in [0.05, 0.1) is 5.54 Å². The van der Waals surface area contributed by atoms with E-state index >= 15 is 0 Å². The van der Waals surface area contributed by atoms with Crippen LogP contribution in [0.2, 0.25) is 0 Å². The average Bonchev–Trinajstić information content (AvgIpc) is 3.23. The fraction of sp³-hybridized carbons (Fsp3) is 0.857. The van der Waals surface area contributed by atoms with E-state index in [4.69, 9.17) is 0 Å². The summed E-state index contributed by atoms with van der Waals surface area (Å²) in [4.78, 5) is 26.5. The van der Waals surface area contributed by atoms with Gasteiger partial charge in [-0.15, -0.1) is 0 Å². The van der Waals surface area contributed by atoms with Crippen molar-refractivity contribution in [3.8, 4) is 0 Å². The van der Waals surface area contributed by atoms with Crippen molar-refractivity contribution >= 4 is 11.8 Å². The van der Waals surface area contributed by atoms with Crippen LogP contribution < -0.4 is 16.0 Å². The highest BCUT2D eigenvalue weighted by molar-refractivity contribution is 5.91. The minimum atomic E-state index is -0.587. The first-order valence-electron chi connectivity index (χ1n) is 7.48. The fourth-order valence-corrected chi connectivity index (χ4v) is 2.36. The van der Waals surface area contributed by atoms with Crippen LogP contribution in [0.25, 0.3) is 0 Å². The van der Waals surface area contributed by atoms with Crippen LogP contribution in [-0.4, -0.2) is 60.5 Å². The van der Waals surface area contributed by atoms with Crippen LogP contribution in [0.15, 0.2) is 0 Å². The van der Waals surface area contributed by atoms with E-state index in [9.17, 15) is 9.59 Å². The molecule has 1 aliphatic heterocycles. The lowest BCUT2D eigenvalue weighted by molar-refractivity contribution is -0.136. The predicted octanol–water partition coefficient (Wildman–Crippen LogP) is -0.546. The van der Waals surface area contributed by atoms with Crippen molar-refractivity contribution in [3.05, 3.63) is 0 Å². The molecule has 20 heavy (non-hydrogen) atoms. The Labute approximate surface area is 120 Å². The van der Waals surface area contributed by atoms with Gasteiger partial charge in [-0.25, -0.2) is 0 Å². The van der Waals surface area contributed by atoms with Crippen LogP contribution in [0.4, 0.5) is 0 Å². The van der Waals surface area contributed by atoms with Gasteiger partial charge in [0.2, 0.25) is 11.8 Å². The minimum Gasteiger partial charge on any atom is -0.352 e. The van der Waals surface area contributed by atoms with E-state index in [0.29, 0.717) is 6.04 Å². The van der Waals surface area contributed by atoms with Gasteiger partial charge in [-0.3, -0.25) is 14.5 Å². The van der Waals surface area contributed by atoms with Crippen LogP contribution in [0.3, 0.4) is 0 Å². The van der Waals surface area contributed by atoms with Crippen LogP contribution in [0, 0.1) is 0 Å². The van der Waals surface area contributed by atoms with E-state index in [1.54, 1.807) is 6.92 Å². The third-order valence-corrected chi connectivity index (χ3v) is 4.13. The van der Waals surface area contributed by atoms with Crippen LogP contribution in [-0.2, 0) is 9.59 Å². The van der Waals surface area contributed by atoms with Gasteiger partial charge in [0, 0.05) is 32.2 Å². The quantitative estimate of drug-likeness (QED) is 0.633. The van der Waals surface area contributed by atoms with E-state index in [0.717, 1.165) is 39.0 Å². The molecule has 1 heterocycles. The maximum atomic E-state index is 12.4. The summed E-state index contributed by atoms with van der Waals surface area (Å²) in [5.41, 5.74) is -0.587. The Bertz CT molecular complexity index is 373. The zero-order valence-electron chi connectivity index (χ0n) is 12.7. The van der Waals surface area contributed by atoms with Crippen molar-refractivity contribution in [1.82, 2.24) is 20.9 Å². The Morgan fingerprint density at radius 2 is 1.85 bits per heavy atom. The van der Waals surface area contributed by atoms with E-state index in [1.165, 1.54) is 0 Å². The number of nitrogens with one attached hydrogen (secondary N) is 3. The summed E-state index contributed by atoms with van der Waals surface area (Å²) in [6, 6.07) is -0.159. The van der Waals surface area contributed by atoms with Crippen LogP contribution in [0.1, 0.15) is 33.6 Å². The molecule has 1 saturated carbocycles. The summed E-state index contributed by atoms with van der Waals surface area (Å²) in [5, 5.41) is 9.03.